The normalized spacial score (nSPS) is 10.5. The molecule has 0 fully saturated rings. The summed E-state index contributed by atoms with van der Waals surface area (Å²) < 4.78 is 5.29. The first-order chi connectivity index (χ1) is 11.2. The van der Waals surface area contributed by atoms with Crippen LogP contribution in [0.3, 0.4) is 0 Å². The van der Waals surface area contributed by atoms with E-state index >= 15 is 0 Å². The summed E-state index contributed by atoms with van der Waals surface area (Å²) in [6, 6.07) is 14.8. The molecule has 23 heavy (non-hydrogen) atoms. The molecule has 2 aromatic carbocycles. The van der Waals surface area contributed by atoms with Crippen LogP contribution in [0, 0.1) is 0 Å². The molecule has 0 saturated heterocycles. The van der Waals surface area contributed by atoms with Crippen molar-refractivity contribution in [1.29, 1.82) is 0 Å². The number of hydrogen-bond acceptors (Lipinski definition) is 4. The summed E-state index contributed by atoms with van der Waals surface area (Å²) in [7, 11) is 1.60. The third kappa shape index (κ3) is 3.23. The maximum absolute atomic E-state index is 10.8. The Balaban J connectivity index is 1.77. The number of carboxylic acid groups (broad SMARTS) is 1. The lowest BCUT2D eigenvalue weighted by atomic mass is 10.1. The van der Waals surface area contributed by atoms with Crippen LogP contribution in [0.4, 0.5) is 5.69 Å². The molecule has 116 valence electrons. The monoisotopic (exact) mass is 308 g/mol. The first-order valence-electron chi connectivity index (χ1n) is 7.16. The van der Waals surface area contributed by atoms with Crippen LogP contribution < -0.4 is 10.1 Å². The quantitative estimate of drug-likeness (QED) is 0.754. The van der Waals surface area contributed by atoms with Crippen LogP contribution in [0.1, 0.15) is 15.9 Å². The van der Waals surface area contributed by atoms with Gasteiger partial charge in [0, 0.05) is 23.8 Å². The average molecular weight is 308 g/mol. The lowest BCUT2D eigenvalue weighted by Crippen LogP contribution is -2.01. The fourth-order valence-electron chi connectivity index (χ4n) is 2.38. The van der Waals surface area contributed by atoms with E-state index < -0.39 is 5.97 Å². The maximum Gasteiger partial charge on any atom is 0.335 e. The summed E-state index contributed by atoms with van der Waals surface area (Å²) in [5.74, 6) is -0.324. The second-order valence-electron chi connectivity index (χ2n) is 5.11. The predicted octanol–water partition coefficient (Wildman–Crippen LogP) is 3.55. The van der Waals surface area contributed by atoms with Gasteiger partial charge in [-0.15, -0.1) is 0 Å². The second-order valence-corrected chi connectivity index (χ2v) is 5.11. The average Bonchev–Trinajstić information content (AvgIpc) is 2.59. The van der Waals surface area contributed by atoms with Gasteiger partial charge in [0.15, 0.2) is 0 Å². The Bertz CT molecular complexity index is 845. The number of nitrogens with zero attached hydrogens (tertiary/aromatic N) is 1. The number of aromatic carboxylic acids is 1. The Morgan fingerprint density at radius 3 is 2.65 bits per heavy atom. The van der Waals surface area contributed by atoms with Crippen molar-refractivity contribution in [1.82, 2.24) is 4.98 Å². The number of pyridine rings is 1. The Labute approximate surface area is 133 Å². The molecule has 1 aromatic heterocycles. The molecule has 0 aliphatic carbocycles. The van der Waals surface area contributed by atoms with Gasteiger partial charge in [0.1, 0.15) is 0 Å². The van der Waals surface area contributed by atoms with Crippen molar-refractivity contribution in [3.8, 4) is 5.88 Å². The lowest BCUT2D eigenvalue weighted by Gasteiger charge is -2.09. The van der Waals surface area contributed by atoms with E-state index in [-0.39, 0.29) is 5.56 Å². The molecule has 3 aromatic rings. The fourth-order valence-corrected chi connectivity index (χ4v) is 2.38. The van der Waals surface area contributed by atoms with Gasteiger partial charge in [0.05, 0.1) is 12.7 Å². The third-order valence-corrected chi connectivity index (χ3v) is 3.62. The molecule has 0 aliphatic rings. The lowest BCUT2D eigenvalue weighted by molar-refractivity contribution is 0.0697. The number of hydrogen-bond donors (Lipinski definition) is 2. The molecule has 2 N–H and O–H groups in total. The van der Waals surface area contributed by atoms with Crippen LogP contribution >= 0.6 is 0 Å². The van der Waals surface area contributed by atoms with Gasteiger partial charge >= 0.3 is 5.97 Å². The number of aromatic nitrogens is 1. The van der Waals surface area contributed by atoms with Crippen molar-refractivity contribution < 1.29 is 14.6 Å². The largest absolute Gasteiger partial charge is 0.481 e. The van der Waals surface area contributed by atoms with Crippen LogP contribution in [0.25, 0.3) is 10.8 Å². The standard InChI is InChI=1S/C18H16N2O3/c1-23-17-16-10-15(7-6-13(16)8-9-19-17)20-11-12-2-4-14(5-3-12)18(21)22/h2-10,20H,11H2,1H3,(H,21,22). The number of rotatable bonds is 5. The van der Waals surface area contributed by atoms with Gasteiger partial charge in [-0.25, -0.2) is 9.78 Å². The number of fused-ring (bicyclic) bond motifs is 1. The van der Waals surface area contributed by atoms with Crippen LogP contribution in [0.2, 0.25) is 0 Å². The van der Waals surface area contributed by atoms with Crippen LogP contribution in [0.15, 0.2) is 54.7 Å². The van der Waals surface area contributed by atoms with Crippen molar-refractivity contribution >= 4 is 22.4 Å². The third-order valence-electron chi connectivity index (χ3n) is 3.62. The van der Waals surface area contributed by atoms with Gasteiger partial charge < -0.3 is 15.2 Å². The molecular formula is C18H16N2O3. The highest BCUT2D eigenvalue weighted by Gasteiger charge is 2.04. The minimum atomic E-state index is -0.918. The van der Waals surface area contributed by atoms with Crippen molar-refractivity contribution in [3.63, 3.8) is 0 Å². The highest BCUT2D eigenvalue weighted by molar-refractivity contribution is 5.89. The van der Waals surface area contributed by atoms with Crippen LogP contribution in [-0.2, 0) is 6.54 Å². The summed E-state index contributed by atoms with van der Waals surface area (Å²) in [4.78, 5) is 15.0. The van der Waals surface area contributed by atoms with E-state index in [9.17, 15) is 4.79 Å². The Morgan fingerprint density at radius 2 is 1.96 bits per heavy atom. The topological polar surface area (TPSA) is 71.5 Å². The minimum Gasteiger partial charge on any atom is -0.481 e. The summed E-state index contributed by atoms with van der Waals surface area (Å²) in [6.45, 7) is 0.605. The molecule has 0 saturated carbocycles. The Hall–Kier alpha value is -3.08. The molecule has 3 rings (SSSR count). The number of anilines is 1. The van der Waals surface area contributed by atoms with Gasteiger partial charge in [-0.2, -0.15) is 0 Å². The van der Waals surface area contributed by atoms with Crippen molar-refractivity contribution in [2.45, 2.75) is 6.54 Å². The van der Waals surface area contributed by atoms with Crippen LogP contribution in [0.5, 0.6) is 5.88 Å². The summed E-state index contributed by atoms with van der Waals surface area (Å²) in [6.07, 6.45) is 1.72. The Morgan fingerprint density at radius 1 is 1.17 bits per heavy atom. The van der Waals surface area contributed by atoms with E-state index in [0.29, 0.717) is 12.4 Å². The van der Waals surface area contributed by atoms with Gasteiger partial charge in [-0.3, -0.25) is 0 Å². The van der Waals surface area contributed by atoms with E-state index in [2.05, 4.69) is 10.3 Å². The molecular weight excluding hydrogens is 292 g/mol. The number of carbonyl (C=O) groups is 1. The first kappa shape index (κ1) is 14.8. The molecule has 5 heteroatoms. The van der Waals surface area contributed by atoms with Gasteiger partial charge in [0.25, 0.3) is 0 Å². The van der Waals surface area contributed by atoms with Gasteiger partial charge in [0.2, 0.25) is 5.88 Å². The zero-order valence-electron chi connectivity index (χ0n) is 12.6. The minimum absolute atomic E-state index is 0.287. The van der Waals surface area contributed by atoms with E-state index in [4.69, 9.17) is 9.84 Å². The molecule has 0 amide bonds. The number of ether oxygens (including phenoxy) is 1. The van der Waals surface area contributed by atoms with E-state index in [0.717, 1.165) is 22.0 Å². The zero-order chi connectivity index (χ0) is 16.2. The molecule has 0 unspecified atom stereocenters. The number of nitrogens with one attached hydrogen (secondary N) is 1. The summed E-state index contributed by atoms with van der Waals surface area (Å²) in [5.41, 5.74) is 2.25. The SMILES string of the molecule is COc1nccc2ccc(NCc3ccc(C(=O)O)cc3)cc12. The highest BCUT2D eigenvalue weighted by atomic mass is 16.5. The van der Waals surface area contributed by atoms with Gasteiger partial charge in [-0.1, -0.05) is 18.2 Å². The van der Waals surface area contributed by atoms with Crippen molar-refractivity contribution in [3.05, 3.63) is 65.9 Å². The van der Waals surface area contributed by atoms with E-state index in [1.165, 1.54) is 0 Å². The fraction of sp³-hybridized carbons (Fsp3) is 0.111. The molecule has 0 spiro atoms. The highest BCUT2D eigenvalue weighted by Crippen LogP contribution is 2.26. The summed E-state index contributed by atoms with van der Waals surface area (Å²) in [5, 5.41) is 14.2. The van der Waals surface area contributed by atoms with E-state index in [1.807, 2.05) is 24.3 Å². The predicted molar refractivity (Wildman–Crippen MR) is 89.0 cm³/mol. The van der Waals surface area contributed by atoms with Crippen LogP contribution in [-0.4, -0.2) is 23.2 Å². The zero-order valence-corrected chi connectivity index (χ0v) is 12.6. The molecule has 0 radical (unpaired) electrons. The van der Waals surface area contributed by atoms with Gasteiger partial charge in [-0.05, 0) is 41.3 Å². The molecule has 0 atom stereocenters. The van der Waals surface area contributed by atoms with E-state index in [1.54, 1.807) is 37.6 Å². The smallest absolute Gasteiger partial charge is 0.335 e. The molecule has 0 aliphatic heterocycles. The number of methoxy groups -OCH3 is 1. The molecule has 5 nitrogen and oxygen atoms in total. The van der Waals surface area contributed by atoms with Crippen molar-refractivity contribution in [2.75, 3.05) is 12.4 Å². The number of benzene rings is 2. The van der Waals surface area contributed by atoms with Crippen molar-refractivity contribution in [2.24, 2.45) is 0 Å². The number of carboxylic acids is 1. The molecule has 1 heterocycles. The Kier molecular flexibility index (Phi) is 4.10. The summed E-state index contributed by atoms with van der Waals surface area (Å²) >= 11 is 0. The second kappa shape index (κ2) is 6.36. The maximum atomic E-state index is 10.8. The molecule has 0 bridgehead atoms. The first-order valence-corrected chi connectivity index (χ1v) is 7.16.